The number of methoxy groups -OCH3 is 1. The molecule has 4 heteroatoms. The van der Waals surface area contributed by atoms with Gasteiger partial charge >= 0.3 is 5.97 Å². The zero-order chi connectivity index (χ0) is 12.3. The van der Waals surface area contributed by atoms with E-state index in [1.807, 2.05) is 13.0 Å². The fourth-order valence-corrected chi connectivity index (χ4v) is 1.90. The predicted octanol–water partition coefficient (Wildman–Crippen LogP) is 2.75. The molecule has 0 radical (unpaired) electrons. The first-order chi connectivity index (χ1) is 7.47. The Balaban J connectivity index is 3.01. The van der Waals surface area contributed by atoms with Crippen molar-refractivity contribution in [2.24, 2.45) is 5.92 Å². The summed E-state index contributed by atoms with van der Waals surface area (Å²) in [6, 6.07) is 5.34. The minimum atomic E-state index is -0.759. The standard InChI is InChI=1S/C12H13BrO3/c1-7-6-9(13)4-5-10(7)11(14)8(2)12(15)16-3/h4-6,8H,1-3H3. The number of ketones is 1. The van der Waals surface area contributed by atoms with Crippen molar-refractivity contribution in [2.45, 2.75) is 13.8 Å². The summed E-state index contributed by atoms with van der Waals surface area (Å²) in [5, 5.41) is 0. The van der Waals surface area contributed by atoms with Gasteiger partial charge in [0.15, 0.2) is 5.78 Å². The first-order valence-electron chi connectivity index (χ1n) is 4.85. The van der Waals surface area contributed by atoms with Crippen molar-refractivity contribution in [2.75, 3.05) is 7.11 Å². The Bertz CT molecular complexity index is 426. The minimum Gasteiger partial charge on any atom is -0.468 e. The van der Waals surface area contributed by atoms with Crippen molar-refractivity contribution in [3.05, 3.63) is 33.8 Å². The van der Waals surface area contributed by atoms with E-state index >= 15 is 0 Å². The second-order valence-corrected chi connectivity index (χ2v) is 4.48. The van der Waals surface area contributed by atoms with Crippen molar-refractivity contribution >= 4 is 27.7 Å². The first-order valence-corrected chi connectivity index (χ1v) is 5.65. The summed E-state index contributed by atoms with van der Waals surface area (Å²) in [7, 11) is 1.28. The maximum Gasteiger partial charge on any atom is 0.316 e. The van der Waals surface area contributed by atoms with Gasteiger partial charge < -0.3 is 4.74 Å². The molecule has 0 saturated carbocycles. The number of aryl methyl sites for hydroxylation is 1. The van der Waals surface area contributed by atoms with E-state index in [0.29, 0.717) is 5.56 Å². The normalized spacial score (nSPS) is 12.0. The van der Waals surface area contributed by atoms with Crippen molar-refractivity contribution < 1.29 is 14.3 Å². The molecule has 0 amide bonds. The van der Waals surface area contributed by atoms with Crippen molar-refractivity contribution in [3.8, 4) is 0 Å². The molecule has 86 valence electrons. The summed E-state index contributed by atoms with van der Waals surface area (Å²) in [6.07, 6.45) is 0. The van der Waals surface area contributed by atoms with Crippen LogP contribution in [-0.4, -0.2) is 18.9 Å². The van der Waals surface area contributed by atoms with Gasteiger partial charge in [0.2, 0.25) is 0 Å². The summed E-state index contributed by atoms with van der Waals surface area (Å²) < 4.78 is 5.46. The Hall–Kier alpha value is -1.16. The molecule has 3 nitrogen and oxygen atoms in total. The molecule has 0 fully saturated rings. The van der Waals surface area contributed by atoms with E-state index in [0.717, 1.165) is 10.0 Å². The molecule has 0 aromatic heterocycles. The Labute approximate surface area is 103 Å². The molecular formula is C12H13BrO3. The summed E-state index contributed by atoms with van der Waals surface area (Å²) >= 11 is 3.32. The van der Waals surface area contributed by atoms with E-state index < -0.39 is 11.9 Å². The number of carbonyl (C=O) groups excluding carboxylic acids is 2. The van der Waals surface area contributed by atoms with Gasteiger partial charge in [-0.2, -0.15) is 0 Å². The van der Waals surface area contributed by atoms with E-state index in [1.54, 1.807) is 19.1 Å². The van der Waals surface area contributed by atoms with Crippen molar-refractivity contribution in [1.82, 2.24) is 0 Å². The van der Waals surface area contributed by atoms with Gasteiger partial charge in [-0.1, -0.05) is 15.9 Å². The summed E-state index contributed by atoms with van der Waals surface area (Å²) in [4.78, 5) is 23.2. The van der Waals surface area contributed by atoms with E-state index in [2.05, 4.69) is 20.7 Å². The fourth-order valence-electron chi connectivity index (χ4n) is 1.42. The van der Waals surface area contributed by atoms with Crippen LogP contribution in [0, 0.1) is 12.8 Å². The maximum atomic E-state index is 12.0. The van der Waals surface area contributed by atoms with Crippen LogP contribution in [0.4, 0.5) is 0 Å². The topological polar surface area (TPSA) is 43.4 Å². The third-order valence-electron chi connectivity index (χ3n) is 2.40. The summed E-state index contributed by atoms with van der Waals surface area (Å²) in [5.74, 6) is -1.48. The Morgan fingerprint density at radius 3 is 2.50 bits per heavy atom. The number of benzene rings is 1. The van der Waals surface area contributed by atoms with Crippen LogP contribution in [0.1, 0.15) is 22.8 Å². The van der Waals surface area contributed by atoms with Gasteiger partial charge in [0, 0.05) is 10.0 Å². The van der Waals surface area contributed by atoms with Crippen LogP contribution in [0.15, 0.2) is 22.7 Å². The highest BCUT2D eigenvalue weighted by Gasteiger charge is 2.24. The van der Waals surface area contributed by atoms with Crippen LogP contribution in [0.3, 0.4) is 0 Å². The van der Waals surface area contributed by atoms with Gasteiger partial charge in [-0.3, -0.25) is 9.59 Å². The van der Waals surface area contributed by atoms with E-state index in [-0.39, 0.29) is 5.78 Å². The highest BCUT2D eigenvalue weighted by Crippen LogP contribution is 2.19. The highest BCUT2D eigenvalue weighted by molar-refractivity contribution is 9.10. The summed E-state index contributed by atoms with van der Waals surface area (Å²) in [6.45, 7) is 3.39. The lowest BCUT2D eigenvalue weighted by molar-refractivity contribution is -0.143. The number of ether oxygens (including phenoxy) is 1. The molecule has 1 aromatic carbocycles. The number of Topliss-reactive ketones (excluding diaryl/α,β-unsaturated/α-hetero) is 1. The molecule has 0 N–H and O–H groups in total. The molecule has 0 aliphatic carbocycles. The highest BCUT2D eigenvalue weighted by atomic mass is 79.9. The Kier molecular flexibility index (Phi) is 4.24. The molecule has 1 aromatic rings. The van der Waals surface area contributed by atoms with Crippen LogP contribution in [0.2, 0.25) is 0 Å². The molecule has 0 spiro atoms. The second-order valence-electron chi connectivity index (χ2n) is 3.57. The zero-order valence-electron chi connectivity index (χ0n) is 9.41. The minimum absolute atomic E-state index is 0.211. The number of halogens is 1. The lowest BCUT2D eigenvalue weighted by Crippen LogP contribution is -2.23. The number of hydrogen-bond donors (Lipinski definition) is 0. The Morgan fingerprint density at radius 2 is 2.00 bits per heavy atom. The number of esters is 1. The lowest BCUT2D eigenvalue weighted by atomic mass is 9.96. The summed E-state index contributed by atoms with van der Waals surface area (Å²) in [5.41, 5.74) is 1.40. The Morgan fingerprint density at radius 1 is 1.38 bits per heavy atom. The van der Waals surface area contributed by atoms with Gasteiger partial charge in [-0.25, -0.2) is 0 Å². The molecule has 1 rings (SSSR count). The predicted molar refractivity (Wildman–Crippen MR) is 64.4 cm³/mol. The first kappa shape index (κ1) is 12.9. The molecule has 0 heterocycles. The van der Waals surface area contributed by atoms with Crippen LogP contribution in [0.25, 0.3) is 0 Å². The molecule has 0 bridgehead atoms. The maximum absolute atomic E-state index is 12.0. The average Bonchev–Trinajstić information content (AvgIpc) is 2.26. The van der Waals surface area contributed by atoms with Gasteiger partial charge in [0.25, 0.3) is 0 Å². The molecule has 16 heavy (non-hydrogen) atoms. The molecule has 1 atom stereocenters. The van der Waals surface area contributed by atoms with Gasteiger partial charge in [0.05, 0.1) is 7.11 Å². The largest absolute Gasteiger partial charge is 0.468 e. The second kappa shape index (κ2) is 5.25. The molecule has 0 saturated heterocycles. The zero-order valence-corrected chi connectivity index (χ0v) is 11.0. The number of hydrogen-bond acceptors (Lipinski definition) is 3. The monoisotopic (exact) mass is 284 g/mol. The van der Waals surface area contributed by atoms with Gasteiger partial charge in [-0.15, -0.1) is 0 Å². The van der Waals surface area contributed by atoms with E-state index in [4.69, 9.17) is 0 Å². The number of carbonyl (C=O) groups is 2. The van der Waals surface area contributed by atoms with Crippen LogP contribution >= 0.6 is 15.9 Å². The van der Waals surface area contributed by atoms with Crippen LogP contribution < -0.4 is 0 Å². The number of rotatable bonds is 3. The lowest BCUT2D eigenvalue weighted by Gasteiger charge is -2.10. The molecule has 0 aliphatic rings. The molecule has 0 aliphatic heterocycles. The van der Waals surface area contributed by atoms with E-state index in [9.17, 15) is 9.59 Å². The van der Waals surface area contributed by atoms with E-state index in [1.165, 1.54) is 7.11 Å². The van der Waals surface area contributed by atoms with Gasteiger partial charge in [0.1, 0.15) is 5.92 Å². The van der Waals surface area contributed by atoms with Crippen molar-refractivity contribution in [1.29, 1.82) is 0 Å². The molecule has 1 unspecified atom stereocenters. The quantitative estimate of drug-likeness (QED) is 0.487. The third-order valence-corrected chi connectivity index (χ3v) is 2.90. The molecular weight excluding hydrogens is 272 g/mol. The van der Waals surface area contributed by atoms with Crippen LogP contribution in [-0.2, 0) is 9.53 Å². The van der Waals surface area contributed by atoms with Crippen LogP contribution in [0.5, 0.6) is 0 Å². The van der Waals surface area contributed by atoms with Crippen molar-refractivity contribution in [3.63, 3.8) is 0 Å². The third kappa shape index (κ3) is 2.70. The fraction of sp³-hybridized carbons (Fsp3) is 0.333. The SMILES string of the molecule is COC(=O)C(C)C(=O)c1ccc(Br)cc1C. The average molecular weight is 285 g/mol. The van der Waals surface area contributed by atoms with Gasteiger partial charge in [-0.05, 0) is 37.6 Å². The smallest absolute Gasteiger partial charge is 0.316 e.